The SMILES string of the molecule is CC1CCN(C(=O)Oc2ccnc3[nH]ncc23)CC1. The van der Waals surface area contributed by atoms with Gasteiger partial charge in [-0.15, -0.1) is 0 Å². The molecule has 2 aromatic rings. The lowest BCUT2D eigenvalue weighted by Crippen LogP contribution is -2.39. The summed E-state index contributed by atoms with van der Waals surface area (Å²) in [5, 5.41) is 7.38. The molecule has 1 aliphatic rings. The van der Waals surface area contributed by atoms with Gasteiger partial charge in [-0.2, -0.15) is 5.10 Å². The summed E-state index contributed by atoms with van der Waals surface area (Å²) in [6, 6.07) is 1.68. The normalized spacial score (nSPS) is 16.8. The van der Waals surface area contributed by atoms with E-state index in [-0.39, 0.29) is 6.09 Å². The molecule has 1 amide bonds. The second-order valence-corrected chi connectivity index (χ2v) is 4.98. The van der Waals surface area contributed by atoms with Crippen molar-refractivity contribution in [1.82, 2.24) is 20.1 Å². The summed E-state index contributed by atoms with van der Waals surface area (Å²) in [5.41, 5.74) is 0.623. The van der Waals surface area contributed by atoms with Crippen LogP contribution in [0.5, 0.6) is 5.75 Å². The summed E-state index contributed by atoms with van der Waals surface area (Å²) in [7, 11) is 0. The number of carbonyl (C=O) groups excluding carboxylic acids is 1. The average Bonchev–Trinajstić information content (AvgIpc) is 2.89. The van der Waals surface area contributed by atoms with Crippen LogP contribution >= 0.6 is 0 Å². The number of nitrogens with one attached hydrogen (secondary N) is 1. The summed E-state index contributed by atoms with van der Waals surface area (Å²) in [6.07, 6.45) is 4.99. The maximum atomic E-state index is 12.1. The minimum absolute atomic E-state index is 0.291. The van der Waals surface area contributed by atoms with E-state index in [9.17, 15) is 4.79 Å². The average molecular weight is 260 g/mol. The van der Waals surface area contributed by atoms with Gasteiger partial charge in [0, 0.05) is 25.4 Å². The number of nitrogens with zero attached hydrogens (tertiary/aromatic N) is 3. The number of hydrogen-bond acceptors (Lipinski definition) is 4. The number of H-pyrrole nitrogens is 1. The predicted octanol–water partition coefficient (Wildman–Crippen LogP) is 2.19. The Bertz CT molecular complexity index is 587. The molecule has 0 aliphatic carbocycles. The van der Waals surface area contributed by atoms with Gasteiger partial charge in [0.05, 0.1) is 11.6 Å². The molecule has 1 fully saturated rings. The van der Waals surface area contributed by atoms with Crippen LogP contribution in [0.4, 0.5) is 4.79 Å². The second kappa shape index (κ2) is 4.87. The van der Waals surface area contributed by atoms with E-state index in [1.165, 1.54) is 0 Å². The van der Waals surface area contributed by atoms with Gasteiger partial charge >= 0.3 is 6.09 Å². The van der Waals surface area contributed by atoms with Crippen molar-refractivity contribution in [3.05, 3.63) is 18.5 Å². The molecule has 6 heteroatoms. The molecule has 1 N–H and O–H groups in total. The van der Waals surface area contributed by atoms with Crippen LogP contribution in [0.3, 0.4) is 0 Å². The first-order valence-electron chi connectivity index (χ1n) is 6.49. The van der Waals surface area contributed by atoms with E-state index < -0.39 is 0 Å². The van der Waals surface area contributed by atoms with Crippen molar-refractivity contribution >= 4 is 17.1 Å². The number of rotatable bonds is 1. The molecule has 6 nitrogen and oxygen atoms in total. The maximum absolute atomic E-state index is 12.1. The van der Waals surface area contributed by atoms with Crippen molar-refractivity contribution in [2.45, 2.75) is 19.8 Å². The molecule has 3 rings (SSSR count). The highest BCUT2D eigenvalue weighted by Gasteiger charge is 2.22. The van der Waals surface area contributed by atoms with Crippen molar-refractivity contribution in [3.63, 3.8) is 0 Å². The van der Waals surface area contributed by atoms with Crippen LogP contribution in [0.1, 0.15) is 19.8 Å². The minimum atomic E-state index is -0.291. The predicted molar refractivity (Wildman–Crippen MR) is 69.9 cm³/mol. The lowest BCUT2D eigenvalue weighted by molar-refractivity contribution is 0.134. The zero-order valence-corrected chi connectivity index (χ0v) is 10.8. The number of aromatic nitrogens is 3. The van der Waals surface area contributed by atoms with Crippen LogP contribution in [0, 0.1) is 5.92 Å². The zero-order chi connectivity index (χ0) is 13.2. The first-order chi connectivity index (χ1) is 9.24. The molecule has 0 bridgehead atoms. The molecule has 0 unspecified atom stereocenters. The van der Waals surface area contributed by atoms with E-state index in [2.05, 4.69) is 22.1 Å². The van der Waals surface area contributed by atoms with E-state index in [1.807, 2.05) is 0 Å². The van der Waals surface area contributed by atoms with Crippen LogP contribution in [0.15, 0.2) is 18.5 Å². The third kappa shape index (κ3) is 2.38. The number of likely N-dealkylation sites (tertiary alicyclic amines) is 1. The van der Waals surface area contributed by atoms with E-state index in [4.69, 9.17) is 4.74 Å². The molecule has 3 heterocycles. The smallest absolute Gasteiger partial charge is 0.409 e. The maximum Gasteiger partial charge on any atom is 0.415 e. The number of piperidine rings is 1. The highest BCUT2D eigenvalue weighted by Crippen LogP contribution is 2.23. The van der Waals surface area contributed by atoms with Gasteiger partial charge in [-0.3, -0.25) is 5.10 Å². The van der Waals surface area contributed by atoms with Crippen LogP contribution in [-0.4, -0.2) is 39.3 Å². The summed E-state index contributed by atoms with van der Waals surface area (Å²) in [5.74, 6) is 1.19. The standard InChI is InChI=1S/C13H16N4O2/c1-9-3-6-17(7-4-9)13(18)19-11-2-5-14-12-10(11)8-15-16-12/h2,5,8-9H,3-4,6-7H2,1H3,(H,14,15,16). The van der Waals surface area contributed by atoms with Gasteiger partial charge in [0.1, 0.15) is 5.75 Å². The fourth-order valence-corrected chi connectivity index (χ4v) is 2.27. The molecule has 0 atom stereocenters. The van der Waals surface area contributed by atoms with Crippen LogP contribution < -0.4 is 4.74 Å². The lowest BCUT2D eigenvalue weighted by Gasteiger charge is -2.29. The molecule has 2 aromatic heterocycles. The van der Waals surface area contributed by atoms with Crippen LogP contribution in [0.2, 0.25) is 0 Å². The molecule has 100 valence electrons. The van der Waals surface area contributed by atoms with Gasteiger partial charge in [0.15, 0.2) is 5.65 Å². The fourth-order valence-electron chi connectivity index (χ4n) is 2.27. The van der Waals surface area contributed by atoms with E-state index in [1.54, 1.807) is 23.4 Å². The highest BCUT2D eigenvalue weighted by molar-refractivity contribution is 5.84. The van der Waals surface area contributed by atoms with Crippen molar-refractivity contribution in [2.24, 2.45) is 5.92 Å². The Balaban J connectivity index is 1.74. The summed E-state index contributed by atoms with van der Waals surface area (Å²) in [6.45, 7) is 3.74. The summed E-state index contributed by atoms with van der Waals surface area (Å²) >= 11 is 0. The zero-order valence-electron chi connectivity index (χ0n) is 10.8. The number of carbonyl (C=O) groups is 1. The number of pyridine rings is 1. The van der Waals surface area contributed by atoms with E-state index in [0.29, 0.717) is 17.3 Å². The van der Waals surface area contributed by atoms with Gasteiger partial charge in [-0.25, -0.2) is 9.78 Å². The minimum Gasteiger partial charge on any atom is -0.409 e. The number of amides is 1. The number of ether oxygens (including phenoxy) is 1. The van der Waals surface area contributed by atoms with Crippen LogP contribution in [0.25, 0.3) is 11.0 Å². The van der Waals surface area contributed by atoms with Gasteiger partial charge in [0.25, 0.3) is 0 Å². The van der Waals surface area contributed by atoms with Crippen molar-refractivity contribution in [3.8, 4) is 5.75 Å². The Kier molecular flexibility index (Phi) is 3.06. The molecular formula is C13H16N4O2. The molecular weight excluding hydrogens is 244 g/mol. The largest absolute Gasteiger partial charge is 0.415 e. The number of hydrogen-bond donors (Lipinski definition) is 1. The Labute approximate surface area is 110 Å². The van der Waals surface area contributed by atoms with Gasteiger partial charge in [-0.05, 0) is 18.8 Å². The van der Waals surface area contributed by atoms with Crippen molar-refractivity contribution in [2.75, 3.05) is 13.1 Å². The van der Waals surface area contributed by atoms with Crippen molar-refractivity contribution in [1.29, 1.82) is 0 Å². The molecule has 0 aromatic carbocycles. The topological polar surface area (TPSA) is 71.1 Å². The monoisotopic (exact) mass is 260 g/mol. The molecule has 19 heavy (non-hydrogen) atoms. The Morgan fingerprint density at radius 1 is 1.47 bits per heavy atom. The first-order valence-corrected chi connectivity index (χ1v) is 6.49. The number of fused-ring (bicyclic) bond motifs is 1. The quantitative estimate of drug-likeness (QED) is 0.853. The Morgan fingerprint density at radius 3 is 3.05 bits per heavy atom. The van der Waals surface area contributed by atoms with Crippen LogP contribution in [-0.2, 0) is 0 Å². The molecule has 0 radical (unpaired) electrons. The van der Waals surface area contributed by atoms with Crippen molar-refractivity contribution < 1.29 is 9.53 Å². The highest BCUT2D eigenvalue weighted by atomic mass is 16.6. The first kappa shape index (κ1) is 12.0. The number of aromatic amines is 1. The Hall–Kier alpha value is -2.11. The third-order valence-electron chi connectivity index (χ3n) is 3.55. The van der Waals surface area contributed by atoms with Gasteiger partial charge in [0.2, 0.25) is 0 Å². The Morgan fingerprint density at radius 2 is 2.26 bits per heavy atom. The molecule has 0 spiro atoms. The van der Waals surface area contributed by atoms with Gasteiger partial charge in [-0.1, -0.05) is 6.92 Å². The molecule has 0 saturated carbocycles. The molecule has 1 saturated heterocycles. The van der Waals surface area contributed by atoms with E-state index >= 15 is 0 Å². The fraction of sp³-hybridized carbons (Fsp3) is 0.462. The summed E-state index contributed by atoms with van der Waals surface area (Å²) < 4.78 is 5.45. The molecule has 1 aliphatic heterocycles. The third-order valence-corrected chi connectivity index (χ3v) is 3.55. The van der Waals surface area contributed by atoms with E-state index in [0.717, 1.165) is 31.3 Å². The lowest BCUT2D eigenvalue weighted by atomic mass is 10.00. The summed E-state index contributed by atoms with van der Waals surface area (Å²) in [4.78, 5) is 18.0. The van der Waals surface area contributed by atoms with Gasteiger partial charge < -0.3 is 9.64 Å². The second-order valence-electron chi connectivity index (χ2n) is 4.98.